The van der Waals surface area contributed by atoms with Gasteiger partial charge in [-0.1, -0.05) is 26.0 Å². The van der Waals surface area contributed by atoms with Crippen molar-refractivity contribution in [3.63, 3.8) is 0 Å². The molecule has 0 aliphatic heterocycles. The fourth-order valence-corrected chi connectivity index (χ4v) is 1.89. The molecule has 1 rings (SSSR count). The van der Waals surface area contributed by atoms with Gasteiger partial charge in [0, 0.05) is 0 Å². The average Bonchev–Trinajstić information content (AvgIpc) is 2.28. The van der Waals surface area contributed by atoms with Crippen LogP contribution in [0.5, 0.6) is 0 Å². The second-order valence-electron chi connectivity index (χ2n) is 4.71. The third kappa shape index (κ3) is 3.97. The van der Waals surface area contributed by atoms with Gasteiger partial charge in [-0.2, -0.15) is 0 Å². The van der Waals surface area contributed by atoms with Crippen molar-refractivity contribution in [3.8, 4) is 0 Å². The molecule has 0 aliphatic rings. The van der Waals surface area contributed by atoms with Crippen molar-refractivity contribution in [2.45, 2.75) is 33.6 Å². The van der Waals surface area contributed by atoms with Gasteiger partial charge in [0.1, 0.15) is 5.82 Å². The van der Waals surface area contributed by atoms with E-state index in [2.05, 4.69) is 19.9 Å². The molecule has 2 heteroatoms. The van der Waals surface area contributed by atoms with Crippen LogP contribution in [0.4, 0.5) is 4.39 Å². The molecule has 94 valence electrons. The molecule has 0 unspecified atom stereocenters. The first-order chi connectivity index (χ1) is 8.06. The van der Waals surface area contributed by atoms with E-state index in [0.717, 1.165) is 18.4 Å². The average molecular weight is 235 g/mol. The normalized spacial score (nSPS) is 12.2. The van der Waals surface area contributed by atoms with Crippen LogP contribution >= 0.6 is 0 Å². The molecule has 0 radical (unpaired) electrons. The lowest BCUT2D eigenvalue weighted by molar-refractivity contribution is 0.618. The Morgan fingerprint density at radius 2 is 2.12 bits per heavy atom. The Labute approximate surface area is 104 Å². The maximum Gasteiger partial charge on any atom is 0.126 e. The summed E-state index contributed by atoms with van der Waals surface area (Å²) in [5.74, 6) is 0.302. The second-order valence-corrected chi connectivity index (χ2v) is 4.71. The predicted octanol–water partition coefficient (Wildman–Crippen LogP) is 3.91. The van der Waals surface area contributed by atoms with Gasteiger partial charge in [-0.05, 0) is 61.1 Å². The van der Waals surface area contributed by atoms with E-state index in [0.29, 0.717) is 18.0 Å². The van der Waals surface area contributed by atoms with Crippen molar-refractivity contribution in [2.24, 2.45) is 11.7 Å². The zero-order valence-corrected chi connectivity index (χ0v) is 11.0. The first kappa shape index (κ1) is 13.9. The van der Waals surface area contributed by atoms with E-state index in [-0.39, 0.29) is 5.82 Å². The number of nitrogens with two attached hydrogens (primary N) is 1. The van der Waals surface area contributed by atoms with Crippen molar-refractivity contribution in [1.29, 1.82) is 0 Å². The SMILES string of the molecule is Cc1cc(/C(=C/CCCN)C(C)C)ccc1F. The van der Waals surface area contributed by atoms with Crippen molar-refractivity contribution < 1.29 is 4.39 Å². The van der Waals surface area contributed by atoms with Crippen molar-refractivity contribution in [1.82, 2.24) is 0 Å². The number of halogens is 1. The van der Waals surface area contributed by atoms with Crippen LogP contribution in [0.2, 0.25) is 0 Å². The molecule has 0 aliphatic carbocycles. The zero-order chi connectivity index (χ0) is 12.8. The van der Waals surface area contributed by atoms with Crippen LogP contribution < -0.4 is 5.73 Å². The van der Waals surface area contributed by atoms with Crippen LogP contribution in [0.25, 0.3) is 5.57 Å². The van der Waals surface area contributed by atoms with Gasteiger partial charge in [-0.3, -0.25) is 0 Å². The number of aryl methyl sites for hydroxylation is 1. The molecule has 0 aromatic heterocycles. The zero-order valence-electron chi connectivity index (χ0n) is 11.0. The van der Waals surface area contributed by atoms with Crippen LogP contribution in [0.1, 0.15) is 37.8 Å². The highest BCUT2D eigenvalue weighted by atomic mass is 19.1. The summed E-state index contributed by atoms with van der Waals surface area (Å²) >= 11 is 0. The Hall–Kier alpha value is -1.15. The number of allylic oxidation sites excluding steroid dienone is 2. The Kier molecular flexibility index (Phi) is 5.36. The van der Waals surface area contributed by atoms with Gasteiger partial charge < -0.3 is 5.73 Å². The van der Waals surface area contributed by atoms with Gasteiger partial charge in [-0.25, -0.2) is 4.39 Å². The van der Waals surface area contributed by atoms with Gasteiger partial charge in [0.25, 0.3) is 0 Å². The van der Waals surface area contributed by atoms with Gasteiger partial charge in [0.2, 0.25) is 0 Å². The number of rotatable bonds is 5. The summed E-state index contributed by atoms with van der Waals surface area (Å²) in [6.45, 7) is 6.83. The van der Waals surface area contributed by atoms with Crippen LogP contribution in [-0.2, 0) is 0 Å². The number of unbranched alkanes of at least 4 members (excludes halogenated alkanes) is 1. The lowest BCUT2D eigenvalue weighted by Crippen LogP contribution is -1.99. The molecule has 0 fully saturated rings. The molecule has 17 heavy (non-hydrogen) atoms. The first-order valence-corrected chi connectivity index (χ1v) is 6.23. The predicted molar refractivity (Wildman–Crippen MR) is 72.2 cm³/mol. The Balaban J connectivity index is 2.97. The Morgan fingerprint density at radius 1 is 1.41 bits per heavy atom. The van der Waals surface area contributed by atoms with Crippen LogP contribution in [0.15, 0.2) is 24.3 Å². The Bertz CT molecular complexity index is 394. The first-order valence-electron chi connectivity index (χ1n) is 6.23. The lowest BCUT2D eigenvalue weighted by Gasteiger charge is -2.13. The topological polar surface area (TPSA) is 26.0 Å². The summed E-state index contributed by atoms with van der Waals surface area (Å²) in [5.41, 5.74) is 8.60. The van der Waals surface area contributed by atoms with Gasteiger partial charge in [-0.15, -0.1) is 0 Å². The van der Waals surface area contributed by atoms with Crippen LogP contribution in [-0.4, -0.2) is 6.54 Å². The summed E-state index contributed by atoms with van der Waals surface area (Å²) in [6.07, 6.45) is 4.21. The molecule has 0 bridgehead atoms. The summed E-state index contributed by atoms with van der Waals surface area (Å²) in [6, 6.07) is 5.32. The monoisotopic (exact) mass is 235 g/mol. The van der Waals surface area contributed by atoms with E-state index >= 15 is 0 Å². The molecule has 1 aromatic rings. The van der Waals surface area contributed by atoms with E-state index in [1.54, 1.807) is 13.0 Å². The highest BCUT2D eigenvalue weighted by Gasteiger charge is 2.07. The van der Waals surface area contributed by atoms with Crippen LogP contribution in [0, 0.1) is 18.7 Å². The molecule has 1 aromatic carbocycles. The molecule has 0 amide bonds. The Morgan fingerprint density at radius 3 is 2.65 bits per heavy atom. The van der Waals surface area contributed by atoms with Crippen molar-refractivity contribution in [3.05, 3.63) is 41.2 Å². The summed E-state index contributed by atoms with van der Waals surface area (Å²) < 4.78 is 13.2. The molecular weight excluding hydrogens is 213 g/mol. The molecule has 0 spiro atoms. The lowest BCUT2D eigenvalue weighted by atomic mass is 9.93. The summed E-state index contributed by atoms with van der Waals surface area (Å²) in [5, 5.41) is 0. The van der Waals surface area contributed by atoms with Crippen LogP contribution in [0.3, 0.4) is 0 Å². The third-order valence-corrected chi connectivity index (χ3v) is 2.89. The molecule has 0 atom stereocenters. The third-order valence-electron chi connectivity index (χ3n) is 2.89. The number of benzene rings is 1. The fraction of sp³-hybridized carbons (Fsp3) is 0.467. The minimum Gasteiger partial charge on any atom is -0.330 e. The fourth-order valence-electron chi connectivity index (χ4n) is 1.89. The van der Waals surface area contributed by atoms with Crippen molar-refractivity contribution >= 4 is 5.57 Å². The standard InChI is InChI=1S/C15H22FN/c1-11(2)14(6-4-5-9-17)13-7-8-15(16)12(3)10-13/h6-8,10-11H,4-5,9,17H2,1-3H3/b14-6+. The van der Waals surface area contributed by atoms with E-state index < -0.39 is 0 Å². The minimum absolute atomic E-state index is 0.140. The number of hydrogen-bond acceptors (Lipinski definition) is 1. The maximum absolute atomic E-state index is 13.2. The van der Waals surface area contributed by atoms with E-state index in [1.807, 2.05) is 12.1 Å². The van der Waals surface area contributed by atoms with E-state index in [1.165, 1.54) is 5.57 Å². The summed E-state index contributed by atoms with van der Waals surface area (Å²) in [4.78, 5) is 0. The smallest absolute Gasteiger partial charge is 0.126 e. The quantitative estimate of drug-likeness (QED) is 0.769. The minimum atomic E-state index is -0.140. The second kappa shape index (κ2) is 6.55. The largest absolute Gasteiger partial charge is 0.330 e. The molecule has 0 saturated heterocycles. The van der Waals surface area contributed by atoms with E-state index in [9.17, 15) is 4.39 Å². The van der Waals surface area contributed by atoms with Gasteiger partial charge in [0.15, 0.2) is 0 Å². The molecule has 2 N–H and O–H groups in total. The van der Waals surface area contributed by atoms with Gasteiger partial charge in [0.05, 0.1) is 0 Å². The van der Waals surface area contributed by atoms with Crippen molar-refractivity contribution in [2.75, 3.05) is 6.54 Å². The highest BCUT2D eigenvalue weighted by Crippen LogP contribution is 2.25. The molecular formula is C15H22FN. The van der Waals surface area contributed by atoms with E-state index in [4.69, 9.17) is 5.73 Å². The molecule has 1 nitrogen and oxygen atoms in total. The molecule has 0 saturated carbocycles. The number of hydrogen-bond donors (Lipinski definition) is 1. The van der Waals surface area contributed by atoms with Gasteiger partial charge >= 0.3 is 0 Å². The highest BCUT2D eigenvalue weighted by molar-refractivity contribution is 5.67. The molecule has 0 heterocycles. The maximum atomic E-state index is 13.2. The summed E-state index contributed by atoms with van der Waals surface area (Å²) in [7, 11) is 0.